The van der Waals surface area contributed by atoms with Crippen molar-refractivity contribution in [2.75, 3.05) is 20.1 Å². The van der Waals surface area contributed by atoms with Gasteiger partial charge < -0.3 is 15.1 Å². The Labute approximate surface area is 178 Å². The van der Waals surface area contributed by atoms with Gasteiger partial charge in [0.25, 0.3) is 0 Å². The highest BCUT2D eigenvalue weighted by Crippen LogP contribution is 2.17. The van der Waals surface area contributed by atoms with Crippen LogP contribution in [0, 0.1) is 0 Å². The van der Waals surface area contributed by atoms with E-state index >= 15 is 0 Å². The first-order valence-electron chi connectivity index (χ1n) is 10.5. The third-order valence-electron chi connectivity index (χ3n) is 5.32. The number of likely N-dealkylation sites (tertiary alicyclic amines) is 1. The smallest absolute Gasteiger partial charge is 0.226 e. The normalized spacial score (nSPS) is 14.8. The summed E-state index contributed by atoms with van der Waals surface area (Å²) in [4.78, 5) is 11.4. The van der Waals surface area contributed by atoms with Crippen molar-refractivity contribution in [3.05, 3.63) is 77.7 Å². The second kappa shape index (κ2) is 10.1. The fourth-order valence-electron chi connectivity index (χ4n) is 3.64. The number of nitrogens with one attached hydrogen (secondary N) is 2. The van der Waals surface area contributed by atoms with Gasteiger partial charge in [-0.2, -0.15) is 0 Å². The predicted molar refractivity (Wildman–Crippen MR) is 120 cm³/mol. The van der Waals surface area contributed by atoms with Gasteiger partial charge in [0, 0.05) is 25.7 Å². The van der Waals surface area contributed by atoms with E-state index in [0.29, 0.717) is 12.4 Å². The Hall–Kier alpha value is -3.12. The van der Waals surface area contributed by atoms with E-state index in [1.807, 2.05) is 30.3 Å². The summed E-state index contributed by atoms with van der Waals surface area (Å²) in [5, 5.41) is 6.65. The highest BCUT2D eigenvalue weighted by Gasteiger charge is 2.11. The van der Waals surface area contributed by atoms with Gasteiger partial charge in [-0.15, -0.1) is 0 Å². The molecule has 0 radical (unpaired) electrons. The maximum absolute atomic E-state index is 5.59. The zero-order chi connectivity index (χ0) is 20.6. The molecule has 1 aliphatic rings. The lowest BCUT2D eigenvalue weighted by molar-refractivity contribution is 0.331. The average molecular weight is 404 g/mol. The van der Waals surface area contributed by atoms with E-state index in [1.54, 1.807) is 13.3 Å². The molecule has 0 unspecified atom stereocenters. The molecule has 0 bridgehead atoms. The molecular weight excluding hydrogens is 374 g/mol. The van der Waals surface area contributed by atoms with Gasteiger partial charge in [-0.3, -0.25) is 9.89 Å². The molecule has 0 spiro atoms. The van der Waals surface area contributed by atoms with Crippen LogP contribution in [0.3, 0.4) is 0 Å². The first kappa shape index (κ1) is 20.2. The Balaban J connectivity index is 1.24. The lowest BCUT2D eigenvalue weighted by Gasteiger charge is -2.15. The lowest BCUT2D eigenvalue weighted by Crippen LogP contribution is -2.36. The summed E-state index contributed by atoms with van der Waals surface area (Å²) in [6.45, 7) is 4.77. The number of nitrogens with zero attached hydrogens (tertiary/aromatic N) is 3. The van der Waals surface area contributed by atoms with Crippen molar-refractivity contribution in [1.82, 2.24) is 20.5 Å². The Bertz CT molecular complexity index is 943. The molecule has 4 rings (SSSR count). The molecule has 156 valence electrons. The number of benzene rings is 2. The average Bonchev–Trinajstić information content (AvgIpc) is 3.48. The summed E-state index contributed by atoms with van der Waals surface area (Å²) >= 11 is 0. The molecule has 2 heterocycles. The molecule has 0 saturated carbocycles. The molecule has 1 fully saturated rings. The maximum Gasteiger partial charge on any atom is 0.226 e. The van der Waals surface area contributed by atoms with Gasteiger partial charge in [-0.05, 0) is 49.2 Å². The largest absolute Gasteiger partial charge is 0.444 e. The van der Waals surface area contributed by atoms with Crippen LogP contribution in [0.15, 0.2) is 70.3 Å². The minimum absolute atomic E-state index is 0.546. The standard InChI is InChI=1S/C24H29N5O/c1-25-24(27-16-22-18-30-23(28-22)21-7-3-2-4-8-21)26-15-19-9-11-20(12-10-19)17-29-13-5-6-14-29/h2-4,7-12,18H,5-6,13-17H2,1H3,(H2,25,26,27). The fraction of sp³-hybridized carbons (Fsp3) is 0.333. The van der Waals surface area contributed by atoms with Crippen molar-refractivity contribution >= 4 is 5.96 Å². The molecule has 3 aromatic rings. The van der Waals surface area contributed by atoms with Crippen LogP contribution in [-0.2, 0) is 19.6 Å². The topological polar surface area (TPSA) is 65.7 Å². The molecular formula is C24H29N5O. The van der Waals surface area contributed by atoms with Crippen LogP contribution in [0.4, 0.5) is 0 Å². The molecule has 0 aliphatic carbocycles. The van der Waals surface area contributed by atoms with Gasteiger partial charge in [0.15, 0.2) is 5.96 Å². The summed E-state index contributed by atoms with van der Waals surface area (Å²) in [6.07, 6.45) is 4.34. The second-order valence-corrected chi connectivity index (χ2v) is 7.59. The quantitative estimate of drug-likeness (QED) is 0.464. The van der Waals surface area contributed by atoms with Gasteiger partial charge >= 0.3 is 0 Å². The number of hydrogen-bond acceptors (Lipinski definition) is 4. The molecule has 0 atom stereocenters. The van der Waals surface area contributed by atoms with E-state index in [0.717, 1.165) is 30.3 Å². The van der Waals surface area contributed by atoms with Gasteiger partial charge in [0.05, 0.1) is 12.2 Å². The highest BCUT2D eigenvalue weighted by molar-refractivity contribution is 5.79. The van der Waals surface area contributed by atoms with Crippen LogP contribution in [0.5, 0.6) is 0 Å². The Kier molecular flexibility index (Phi) is 6.77. The molecule has 6 heteroatoms. The molecule has 1 aromatic heterocycles. The van der Waals surface area contributed by atoms with E-state index < -0.39 is 0 Å². The molecule has 1 saturated heterocycles. The molecule has 1 aliphatic heterocycles. The summed E-state index contributed by atoms with van der Waals surface area (Å²) in [7, 11) is 1.77. The number of rotatable bonds is 7. The van der Waals surface area contributed by atoms with Crippen LogP contribution in [0.2, 0.25) is 0 Å². The predicted octanol–water partition coefficient (Wildman–Crippen LogP) is 3.80. The monoisotopic (exact) mass is 403 g/mol. The molecule has 2 aromatic carbocycles. The summed E-state index contributed by atoms with van der Waals surface area (Å²) < 4.78 is 5.59. The van der Waals surface area contributed by atoms with E-state index in [2.05, 4.69) is 49.8 Å². The maximum atomic E-state index is 5.59. The molecule has 2 N–H and O–H groups in total. The number of aliphatic imine (C=N–C) groups is 1. The second-order valence-electron chi connectivity index (χ2n) is 7.59. The summed E-state index contributed by atoms with van der Waals surface area (Å²) in [5.41, 5.74) is 4.42. The first-order chi connectivity index (χ1) is 14.8. The minimum Gasteiger partial charge on any atom is -0.444 e. The van der Waals surface area contributed by atoms with Crippen LogP contribution < -0.4 is 10.6 Å². The van der Waals surface area contributed by atoms with Crippen molar-refractivity contribution in [2.45, 2.75) is 32.5 Å². The number of guanidine groups is 1. The zero-order valence-electron chi connectivity index (χ0n) is 17.5. The van der Waals surface area contributed by atoms with Crippen LogP contribution in [0.25, 0.3) is 11.5 Å². The summed E-state index contributed by atoms with van der Waals surface area (Å²) in [6, 6.07) is 18.7. The first-order valence-corrected chi connectivity index (χ1v) is 10.5. The van der Waals surface area contributed by atoms with Gasteiger partial charge in [-0.25, -0.2) is 4.98 Å². The van der Waals surface area contributed by atoms with E-state index in [-0.39, 0.29) is 0 Å². The van der Waals surface area contributed by atoms with Gasteiger partial charge in [0.2, 0.25) is 5.89 Å². The van der Waals surface area contributed by atoms with Crippen molar-refractivity contribution in [1.29, 1.82) is 0 Å². The number of oxazole rings is 1. The molecule has 30 heavy (non-hydrogen) atoms. The van der Waals surface area contributed by atoms with Crippen molar-refractivity contribution in [3.8, 4) is 11.5 Å². The SMILES string of the molecule is CN=C(NCc1ccc(CN2CCCC2)cc1)NCc1coc(-c2ccccc2)n1. The lowest BCUT2D eigenvalue weighted by atomic mass is 10.1. The number of aromatic nitrogens is 1. The van der Waals surface area contributed by atoms with Crippen LogP contribution in [-0.4, -0.2) is 36.0 Å². The Morgan fingerprint density at radius 1 is 0.967 bits per heavy atom. The van der Waals surface area contributed by atoms with E-state index in [1.165, 1.54) is 37.1 Å². The number of hydrogen-bond donors (Lipinski definition) is 2. The van der Waals surface area contributed by atoms with E-state index in [9.17, 15) is 0 Å². The molecule has 6 nitrogen and oxygen atoms in total. The van der Waals surface area contributed by atoms with Crippen LogP contribution >= 0.6 is 0 Å². The molecule has 0 amide bonds. The minimum atomic E-state index is 0.546. The third-order valence-corrected chi connectivity index (χ3v) is 5.32. The fourth-order valence-corrected chi connectivity index (χ4v) is 3.64. The van der Waals surface area contributed by atoms with Gasteiger partial charge in [-0.1, -0.05) is 42.5 Å². The van der Waals surface area contributed by atoms with Crippen LogP contribution in [0.1, 0.15) is 29.7 Å². The van der Waals surface area contributed by atoms with E-state index in [4.69, 9.17) is 4.42 Å². The highest BCUT2D eigenvalue weighted by atomic mass is 16.3. The Morgan fingerprint density at radius 2 is 1.67 bits per heavy atom. The zero-order valence-corrected chi connectivity index (χ0v) is 17.5. The van der Waals surface area contributed by atoms with Crippen molar-refractivity contribution in [2.24, 2.45) is 4.99 Å². The van der Waals surface area contributed by atoms with Crippen molar-refractivity contribution < 1.29 is 4.42 Å². The van der Waals surface area contributed by atoms with Gasteiger partial charge in [0.1, 0.15) is 6.26 Å². The Morgan fingerprint density at radius 3 is 2.40 bits per heavy atom. The summed E-state index contributed by atoms with van der Waals surface area (Å²) in [5.74, 6) is 1.37. The third kappa shape index (κ3) is 5.48. The van der Waals surface area contributed by atoms with Crippen molar-refractivity contribution in [3.63, 3.8) is 0 Å².